The SMILES string of the molecule is O=C(CN1CCN(S(=O)(=O)c2ccc(Br)cc2)CC1)N/N=C\c1ccc(Cl)c([N+](=O)[O-])c1. The summed E-state index contributed by atoms with van der Waals surface area (Å²) >= 11 is 9.05. The van der Waals surface area contributed by atoms with Crippen LogP contribution in [0.3, 0.4) is 0 Å². The third-order valence-electron chi connectivity index (χ3n) is 4.72. The molecule has 2 aromatic carbocycles. The van der Waals surface area contributed by atoms with Crippen LogP contribution in [-0.2, 0) is 14.8 Å². The average Bonchev–Trinajstić information content (AvgIpc) is 2.75. The zero-order chi connectivity index (χ0) is 23.3. The van der Waals surface area contributed by atoms with Crippen LogP contribution in [-0.4, -0.2) is 67.4 Å². The van der Waals surface area contributed by atoms with Gasteiger partial charge in [0, 0.05) is 42.3 Å². The van der Waals surface area contributed by atoms with Crippen molar-refractivity contribution in [2.24, 2.45) is 5.10 Å². The van der Waals surface area contributed by atoms with Crippen LogP contribution in [0.25, 0.3) is 0 Å². The van der Waals surface area contributed by atoms with Crippen molar-refractivity contribution in [3.05, 3.63) is 67.6 Å². The molecule has 1 amide bonds. The molecule has 0 bridgehead atoms. The molecule has 0 saturated carbocycles. The Morgan fingerprint density at radius 2 is 1.84 bits per heavy atom. The Bertz CT molecular complexity index is 1140. The van der Waals surface area contributed by atoms with E-state index >= 15 is 0 Å². The molecule has 3 rings (SSSR count). The molecule has 2 aromatic rings. The standard InChI is InChI=1S/C19H19BrClN5O5S/c20-15-2-4-16(5-3-15)32(30,31)25-9-7-24(8-10-25)13-19(27)23-22-12-14-1-6-17(21)18(11-14)26(28)29/h1-6,11-12H,7-10,13H2,(H,23,27)/b22-12-. The van der Waals surface area contributed by atoms with Gasteiger partial charge in [-0.05, 0) is 30.3 Å². The maximum atomic E-state index is 12.7. The highest BCUT2D eigenvalue weighted by atomic mass is 79.9. The minimum absolute atomic E-state index is 0.0116. The van der Waals surface area contributed by atoms with Gasteiger partial charge < -0.3 is 0 Å². The van der Waals surface area contributed by atoms with Crippen LogP contribution in [0.5, 0.6) is 0 Å². The molecule has 0 radical (unpaired) electrons. The predicted molar refractivity (Wildman–Crippen MR) is 123 cm³/mol. The van der Waals surface area contributed by atoms with Crippen LogP contribution in [0.1, 0.15) is 5.56 Å². The van der Waals surface area contributed by atoms with Gasteiger partial charge in [0.05, 0.1) is 22.6 Å². The number of nitro benzene ring substituents is 1. The zero-order valence-corrected chi connectivity index (χ0v) is 19.8. The normalized spacial score (nSPS) is 15.7. The third-order valence-corrected chi connectivity index (χ3v) is 7.48. The molecule has 0 atom stereocenters. The number of carbonyl (C=O) groups is 1. The van der Waals surface area contributed by atoms with Gasteiger partial charge in [-0.1, -0.05) is 33.6 Å². The maximum Gasteiger partial charge on any atom is 0.288 e. The number of piperazine rings is 1. The van der Waals surface area contributed by atoms with Crippen molar-refractivity contribution >= 4 is 55.4 Å². The predicted octanol–water partition coefficient (Wildman–Crippen LogP) is 2.47. The van der Waals surface area contributed by atoms with Crippen molar-refractivity contribution in [3.63, 3.8) is 0 Å². The highest BCUT2D eigenvalue weighted by molar-refractivity contribution is 9.10. The molecule has 32 heavy (non-hydrogen) atoms. The summed E-state index contributed by atoms with van der Waals surface area (Å²) in [7, 11) is -3.58. The van der Waals surface area contributed by atoms with Gasteiger partial charge in [-0.25, -0.2) is 13.8 Å². The van der Waals surface area contributed by atoms with Crippen molar-refractivity contribution in [2.45, 2.75) is 4.90 Å². The summed E-state index contributed by atoms with van der Waals surface area (Å²) in [4.78, 5) is 24.5. The fourth-order valence-corrected chi connectivity index (χ4v) is 4.92. The van der Waals surface area contributed by atoms with Gasteiger partial charge >= 0.3 is 0 Å². The van der Waals surface area contributed by atoms with Crippen LogP contribution < -0.4 is 5.43 Å². The van der Waals surface area contributed by atoms with E-state index in [1.807, 2.05) is 4.90 Å². The molecule has 0 spiro atoms. The van der Waals surface area contributed by atoms with E-state index in [4.69, 9.17) is 11.6 Å². The van der Waals surface area contributed by atoms with Crippen molar-refractivity contribution < 1.29 is 18.1 Å². The monoisotopic (exact) mass is 543 g/mol. The lowest BCUT2D eigenvalue weighted by molar-refractivity contribution is -0.384. The summed E-state index contributed by atoms with van der Waals surface area (Å²) in [6.07, 6.45) is 1.28. The number of halogens is 2. The minimum atomic E-state index is -3.58. The van der Waals surface area contributed by atoms with E-state index in [1.165, 1.54) is 28.7 Å². The first-order chi connectivity index (χ1) is 15.2. The van der Waals surface area contributed by atoms with E-state index < -0.39 is 14.9 Å². The number of sulfonamides is 1. The van der Waals surface area contributed by atoms with E-state index in [1.54, 1.807) is 24.3 Å². The summed E-state index contributed by atoms with van der Waals surface area (Å²) < 4.78 is 27.7. The average molecular weight is 545 g/mol. The number of nitrogens with zero attached hydrogens (tertiary/aromatic N) is 4. The largest absolute Gasteiger partial charge is 0.292 e. The van der Waals surface area contributed by atoms with E-state index in [2.05, 4.69) is 26.5 Å². The smallest absolute Gasteiger partial charge is 0.288 e. The number of rotatable bonds is 7. The Morgan fingerprint density at radius 3 is 2.47 bits per heavy atom. The number of nitrogens with one attached hydrogen (secondary N) is 1. The summed E-state index contributed by atoms with van der Waals surface area (Å²) in [5.74, 6) is -0.381. The van der Waals surface area contributed by atoms with Gasteiger partial charge in [0.25, 0.3) is 11.6 Å². The second-order valence-corrected chi connectivity index (χ2v) is 10.2. The fourth-order valence-electron chi connectivity index (χ4n) is 3.05. The molecule has 10 nitrogen and oxygen atoms in total. The Morgan fingerprint density at radius 1 is 1.19 bits per heavy atom. The zero-order valence-electron chi connectivity index (χ0n) is 16.6. The van der Waals surface area contributed by atoms with Gasteiger partial charge in [-0.15, -0.1) is 0 Å². The van der Waals surface area contributed by atoms with Gasteiger partial charge in [0.1, 0.15) is 5.02 Å². The van der Waals surface area contributed by atoms with Crippen LogP contribution >= 0.6 is 27.5 Å². The Kier molecular flexibility index (Phi) is 7.96. The molecule has 1 aliphatic heterocycles. The van der Waals surface area contributed by atoms with Crippen molar-refractivity contribution in [1.29, 1.82) is 0 Å². The van der Waals surface area contributed by atoms with Crippen LogP contribution in [0, 0.1) is 10.1 Å². The Hall–Kier alpha value is -2.38. The number of benzene rings is 2. The number of nitro groups is 1. The number of hydrogen-bond donors (Lipinski definition) is 1. The van der Waals surface area contributed by atoms with Crippen molar-refractivity contribution in [3.8, 4) is 0 Å². The lowest BCUT2D eigenvalue weighted by atomic mass is 10.2. The van der Waals surface area contributed by atoms with E-state index in [0.29, 0.717) is 18.7 Å². The second kappa shape index (κ2) is 10.5. The summed E-state index contributed by atoms with van der Waals surface area (Å²) in [6, 6.07) is 10.6. The molecule has 0 unspecified atom stereocenters. The summed E-state index contributed by atoms with van der Waals surface area (Å²) in [5.41, 5.74) is 2.52. The molecule has 0 aliphatic carbocycles. The van der Waals surface area contributed by atoms with Gasteiger partial charge in [-0.2, -0.15) is 9.41 Å². The first-order valence-electron chi connectivity index (χ1n) is 9.41. The topological polar surface area (TPSA) is 125 Å². The number of amides is 1. The lowest BCUT2D eigenvalue weighted by Crippen LogP contribution is -2.50. The molecule has 1 fully saturated rings. The maximum absolute atomic E-state index is 12.7. The molecule has 1 saturated heterocycles. The van der Waals surface area contributed by atoms with Crippen molar-refractivity contribution in [1.82, 2.24) is 14.6 Å². The fraction of sp³-hybridized carbons (Fsp3) is 0.263. The molecule has 13 heteroatoms. The minimum Gasteiger partial charge on any atom is -0.292 e. The highest BCUT2D eigenvalue weighted by Crippen LogP contribution is 2.24. The Balaban J connectivity index is 1.49. The molecule has 1 N–H and O–H groups in total. The first kappa shape index (κ1) is 24.3. The molecular weight excluding hydrogens is 526 g/mol. The first-order valence-corrected chi connectivity index (χ1v) is 12.0. The van der Waals surface area contributed by atoms with E-state index in [0.717, 1.165) is 4.47 Å². The van der Waals surface area contributed by atoms with Gasteiger partial charge in [-0.3, -0.25) is 19.8 Å². The highest BCUT2D eigenvalue weighted by Gasteiger charge is 2.29. The number of carbonyl (C=O) groups excluding carboxylic acids is 1. The van der Waals surface area contributed by atoms with Gasteiger partial charge in [0.15, 0.2) is 0 Å². The summed E-state index contributed by atoms with van der Waals surface area (Å²) in [5, 5.41) is 14.7. The van der Waals surface area contributed by atoms with Crippen LogP contribution in [0.4, 0.5) is 5.69 Å². The third kappa shape index (κ3) is 6.11. The van der Waals surface area contributed by atoms with E-state index in [-0.39, 0.29) is 41.1 Å². The number of hydrogen-bond acceptors (Lipinski definition) is 7. The molecular formula is C19H19BrClN5O5S. The lowest BCUT2D eigenvalue weighted by Gasteiger charge is -2.33. The molecule has 170 valence electrons. The Labute approximate surface area is 198 Å². The quantitative estimate of drug-likeness (QED) is 0.324. The second-order valence-electron chi connectivity index (χ2n) is 6.90. The van der Waals surface area contributed by atoms with Crippen molar-refractivity contribution in [2.75, 3.05) is 32.7 Å². The van der Waals surface area contributed by atoms with E-state index in [9.17, 15) is 23.3 Å². The van der Waals surface area contributed by atoms with Crippen LogP contribution in [0.15, 0.2) is 56.9 Å². The van der Waals surface area contributed by atoms with Gasteiger partial charge in [0.2, 0.25) is 10.0 Å². The molecule has 1 heterocycles. The molecule has 1 aliphatic rings. The summed E-state index contributed by atoms with van der Waals surface area (Å²) in [6.45, 7) is 1.38. The number of hydrazone groups is 1. The molecule has 0 aromatic heterocycles. The van der Waals surface area contributed by atoms with Crippen LogP contribution in [0.2, 0.25) is 5.02 Å².